The normalized spacial score (nSPS) is 11.0. The van der Waals surface area contributed by atoms with Crippen LogP contribution in [0.3, 0.4) is 0 Å². The number of nitrogens with one attached hydrogen (secondary N) is 1. The van der Waals surface area contributed by atoms with Gasteiger partial charge in [0.2, 0.25) is 0 Å². The summed E-state index contributed by atoms with van der Waals surface area (Å²) >= 11 is 7.63. The lowest BCUT2D eigenvalue weighted by Gasteiger charge is -2.06. The molecule has 0 unspecified atom stereocenters. The smallest absolute Gasteiger partial charge is 0.355 e. The van der Waals surface area contributed by atoms with Gasteiger partial charge in [-0.2, -0.15) is 5.10 Å². The van der Waals surface area contributed by atoms with Crippen molar-refractivity contribution in [2.75, 3.05) is 0 Å². The zero-order valence-corrected chi connectivity index (χ0v) is 17.5. The molecule has 8 heteroatoms. The summed E-state index contributed by atoms with van der Waals surface area (Å²) in [6.07, 6.45) is 1.38. The van der Waals surface area contributed by atoms with Crippen molar-refractivity contribution in [1.82, 2.24) is 5.43 Å². The highest BCUT2D eigenvalue weighted by Gasteiger charge is 2.19. The van der Waals surface area contributed by atoms with E-state index in [9.17, 15) is 14.7 Å². The molecule has 0 bridgehead atoms. The first-order valence-corrected chi connectivity index (χ1v) is 10.3. The fraction of sp³-hybridized carbons (Fsp3) is 0. The Balaban J connectivity index is 1.49. The van der Waals surface area contributed by atoms with Gasteiger partial charge in [0.25, 0.3) is 5.91 Å². The van der Waals surface area contributed by atoms with E-state index < -0.39 is 11.9 Å². The molecule has 3 aromatic carbocycles. The molecule has 2 N–H and O–H groups in total. The number of thiophene rings is 1. The van der Waals surface area contributed by atoms with Gasteiger partial charge in [-0.25, -0.2) is 10.2 Å². The Labute approximate surface area is 186 Å². The number of esters is 1. The summed E-state index contributed by atoms with van der Waals surface area (Å²) in [4.78, 5) is 25.1. The molecule has 6 nitrogen and oxygen atoms in total. The number of hydrogen-bond donors (Lipinski definition) is 2. The Morgan fingerprint density at radius 1 is 1.00 bits per heavy atom. The molecule has 0 atom stereocenters. The molecule has 0 saturated carbocycles. The minimum absolute atomic E-state index is 0.0644. The van der Waals surface area contributed by atoms with Crippen molar-refractivity contribution in [2.45, 2.75) is 0 Å². The van der Waals surface area contributed by atoms with E-state index in [1.165, 1.54) is 41.8 Å². The van der Waals surface area contributed by atoms with Crippen LogP contribution in [0.2, 0.25) is 5.02 Å². The quantitative estimate of drug-likeness (QED) is 0.188. The number of carbonyl (C=O) groups is 2. The van der Waals surface area contributed by atoms with Gasteiger partial charge in [0.15, 0.2) is 0 Å². The number of aromatic hydroxyl groups is 1. The number of para-hydroxylation sites is 1. The number of phenolic OH excluding ortho intramolecular Hbond substituents is 1. The maximum absolute atomic E-state index is 12.7. The van der Waals surface area contributed by atoms with Crippen molar-refractivity contribution in [2.24, 2.45) is 5.10 Å². The molecule has 0 aliphatic rings. The van der Waals surface area contributed by atoms with Crippen LogP contribution in [0.25, 0.3) is 10.1 Å². The molecule has 1 heterocycles. The largest absolute Gasteiger partial charge is 0.508 e. The third kappa shape index (κ3) is 4.58. The van der Waals surface area contributed by atoms with Gasteiger partial charge in [0.1, 0.15) is 16.4 Å². The van der Waals surface area contributed by atoms with E-state index in [1.54, 1.807) is 24.3 Å². The third-order valence-corrected chi connectivity index (χ3v) is 6.00. The number of carbonyl (C=O) groups excluding carboxylic acids is 2. The van der Waals surface area contributed by atoms with E-state index in [-0.39, 0.29) is 11.5 Å². The molecule has 1 aromatic heterocycles. The van der Waals surface area contributed by atoms with Crippen LogP contribution >= 0.6 is 22.9 Å². The van der Waals surface area contributed by atoms with E-state index in [1.807, 2.05) is 24.3 Å². The Morgan fingerprint density at radius 2 is 1.71 bits per heavy atom. The number of nitrogens with zero attached hydrogens (tertiary/aromatic N) is 1. The maximum atomic E-state index is 12.7. The van der Waals surface area contributed by atoms with E-state index in [0.29, 0.717) is 21.0 Å². The van der Waals surface area contributed by atoms with Gasteiger partial charge in [0.05, 0.1) is 11.2 Å². The third-order valence-electron chi connectivity index (χ3n) is 4.34. The van der Waals surface area contributed by atoms with Crippen LogP contribution in [-0.4, -0.2) is 23.2 Å². The summed E-state index contributed by atoms with van der Waals surface area (Å²) in [5.74, 6) is -0.666. The summed E-state index contributed by atoms with van der Waals surface area (Å²) in [7, 11) is 0. The first kappa shape index (κ1) is 20.6. The molecule has 0 saturated heterocycles. The lowest BCUT2D eigenvalue weighted by atomic mass is 10.2. The summed E-state index contributed by atoms with van der Waals surface area (Å²) in [6.45, 7) is 0. The highest BCUT2D eigenvalue weighted by Crippen LogP contribution is 2.36. The monoisotopic (exact) mass is 450 g/mol. The maximum Gasteiger partial charge on any atom is 0.355 e. The van der Waals surface area contributed by atoms with Gasteiger partial charge >= 0.3 is 5.97 Å². The predicted octanol–water partition coefficient (Wildman–Crippen LogP) is 5.24. The van der Waals surface area contributed by atoms with Crippen LogP contribution in [0.15, 0.2) is 77.9 Å². The zero-order valence-electron chi connectivity index (χ0n) is 15.9. The number of phenols is 1. The van der Waals surface area contributed by atoms with Crippen molar-refractivity contribution in [1.29, 1.82) is 0 Å². The zero-order chi connectivity index (χ0) is 21.8. The SMILES string of the molecule is O=C(N/N=C/c1ccccc1OC(=O)c1sc2ccccc2c1Cl)c1ccc(O)cc1. The second-order valence-electron chi connectivity index (χ2n) is 6.41. The number of benzene rings is 3. The van der Waals surface area contributed by atoms with Crippen LogP contribution < -0.4 is 10.2 Å². The van der Waals surface area contributed by atoms with Crippen molar-refractivity contribution in [3.05, 3.63) is 93.8 Å². The van der Waals surface area contributed by atoms with Gasteiger partial charge in [-0.1, -0.05) is 41.9 Å². The van der Waals surface area contributed by atoms with Crippen molar-refractivity contribution in [3.63, 3.8) is 0 Å². The first-order valence-electron chi connectivity index (χ1n) is 9.13. The number of rotatable bonds is 5. The molecule has 31 heavy (non-hydrogen) atoms. The molecule has 0 radical (unpaired) electrons. The van der Waals surface area contributed by atoms with Crippen LogP contribution in [0.5, 0.6) is 11.5 Å². The number of fused-ring (bicyclic) bond motifs is 1. The fourth-order valence-corrected chi connectivity index (χ4v) is 4.19. The average Bonchev–Trinajstić information content (AvgIpc) is 3.12. The Bertz CT molecular complexity index is 1300. The molecule has 4 rings (SSSR count). The number of ether oxygens (including phenoxy) is 1. The summed E-state index contributed by atoms with van der Waals surface area (Å²) < 4.78 is 6.45. The minimum Gasteiger partial charge on any atom is -0.508 e. The summed E-state index contributed by atoms with van der Waals surface area (Å²) in [6, 6.07) is 20.1. The van der Waals surface area contributed by atoms with E-state index in [0.717, 1.165) is 10.1 Å². The van der Waals surface area contributed by atoms with Crippen molar-refractivity contribution in [3.8, 4) is 11.5 Å². The molecule has 0 aliphatic carbocycles. The Kier molecular flexibility index (Phi) is 5.97. The highest BCUT2D eigenvalue weighted by atomic mass is 35.5. The molecule has 0 aliphatic heterocycles. The average molecular weight is 451 g/mol. The van der Waals surface area contributed by atoms with Gasteiger partial charge in [-0.3, -0.25) is 4.79 Å². The van der Waals surface area contributed by atoms with Crippen LogP contribution in [0.1, 0.15) is 25.6 Å². The number of hydrazone groups is 1. The molecular formula is C23H15ClN2O4S. The molecule has 4 aromatic rings. The number of halogens is 1. The minimum atomic E-state index is -0.569. The number of hydrogen-bond acceptors (Lipinski definition) is 6. The lowest BCUT2D eigenvalue weighted by molar-refractivity contribution is 0.0739. The predicted molar refractivity (Wildman–Crippen MR) is 121 cm³/mol. The molecule has 1 amide bonds. The van der Waals surface area contributed by atoms with E-state index >= 15 is 0 Å². The van der Waals surface area contributed by atoms with Gasteiger partial charge < -0.3 is 9.84 Å². The topological polar surface area (TPSA) is 88.0 Å². The van der Waals surface area contributed by atoms with Gasteiger partial charge in [-0.05, 0) is 42.5 Å². The highest BCUT2D eigenvalue weighted by molar-refractivity contribution is 7.21. The molecule has 0 spiro atoms. The van der Waals surface area contributed by atoms with Crippen molar-refractivity contribution < 1.29 is 19.4 Å². The van der Waals surface area contributed by atoms with Gasteiger partial charge in [-0.15, -0.1) is 11.3 Å². The standard InChI is InChI=1S/C23H15ClN2O4S/c24-20-17-6-2-4-8-19(17)31-21(20)23(29)30-18-7-3-1-5-15(18)13-25-26-22(28)14-9-11-16(27)12-10-14/h1-13,27H,(H,26,28)/b25-13+. The van der Waals surface area contributed by atoms with E-state index in [2.05, 4.69) is 10.5 Å². The summed E-state index contributed by atoms with van der Waals surface area (Å²) in [5.41, 5.74) is 3.24. The van der Waals surface area contributed by atoms with E-state index in [4.69, 9.17) is 16.3 Å². The molecule has 154 valence electrons. The van der Waals surface area contributed by atoms with Gasteiger partial charge in [0, 0.05) is 21.2 Å². The van der Waals surface area contributed by atoms with Crippen LogP contribution in [-0.2, 0) is 0 Å². The molecule has 0 fully saturated rings. The number of amides is 1. The van der Waals surface area contributed by atoms with Crippen LogP contribution in [0, 0.1) is 0 Å². The lowest BCUT2D eigenvalue weighted by Crippen LogP contribution is -2.17. The first-order chi connectivity index (χ1) is 15.0. The van der Waals surface area contributed by atoms with Crippen molar-refractivity contribution >= 4 is 51.1 Å². The molecular weight excluding hydrogens is 436 g/mol. The Morgan fingerprint density at radius 3 is 2.48 bits per heavy atom. The van der Waals surface area contributed by atoms with Crippen LogP contribution in [0.4, 0.5) is 0 Å². The Hall–Kier alpha value is -3.68. The summed E-state index contributed by atoms with van der Waals surface area (Å²) in [5, 5.41) is 14.4. The second kappa shape index (κ2) is 8.99. The second-order valence-corrected chi connectivity index (χ2v) is 7.84. The fourth-order valence-electron chi connectivity index (χ4n) is 2.81.